The molecule has 0 bridgehead atoms. The number of anilines is 1. The molecule has 5 heteroatoms. The molecular weight excluding hydrogens is 319 g/mol. The molecule has 0 radical (unpaired) electrons. The van der Waals surface area contributed by atoms with Gasteiger partial charge in [0, 0.05) is 18.8 Å². The minimum Gasteiger partial charge on any atom is -0.373 e. The Morgan fingerprint density at radius 2 is 1.68 bits per heavy atom. The normalized spacial score (nSPS) is 22.4. The summed E-state index contributed by atoms with van der Waals surface area (Å²) >= 11 is 0. The van der Waals surface area contributed by atoms with E-state index in [9.17, 15) is 9.18 Å². The monoisotopic (exact) mass is 342 g/mol. The van der Waals surface area contributed by atoms with Crippen molar-refractivity contribution in [1.82, 2.24) is 4.90 Å². The van der Waals surface area contributed by atoms with Gasteiger partial charge in [0.15, 0.2) is 0 Å². The summed E-state index contributed by atoms with van der Waals surface area (Å²) in [6.45, 7) is 5.40. The molecule has 1 fully saturated rings. The molecule has 132 valence electrons. The third-order valence-electron chi connectivity index (χ3n) is 4.29. The van der Waals surface area contributed by atoms with Crippen LogP contribution in [0, 0.1) is 5.82 Å². The molecule has 0 aromatic heterocycles. The average Bonchev–Trinajstić information content (AvgIpc) is 2.57. The van der Waals surface area contributed by atoms with Crippen molar-refractivity contribution in [2.24, 2.45) is 0 Å². The maximum absolute atomic E-state index is 13.1. The van der Waals surface area contributed by atoms with E-state index >= 15 is 0 Å². The molecule has 0 spiro atoms. The second-order valence-corrected chi connectivity index (χ2v) is 6.52. The Balaban J connectivity index is 1.85. The van der Waals surface area contributed by atoms with E-state index in [1.807, 2.05) is 44.2 Å². The van der Waals surface area contributed by atoms with Gasteiger partial charge in [-0.15, -0.1) is 0 Å². The van der Waals surface area contributed by atoms with Crippen LogP contribution < -0.4 is 5.32 Å². The molecule has 1 saturated heterocycles. The minimum atomic E-state index is -0.417. The Morgan fingerprint density at radius 3 is 2.28 bits per heavy atom. The molecule has 1 aliphatic rings. The van der Waals surface area contributed by atoms with Crippen LogP contribution in [-0.4, -0.2) is 36.1 Å². The second-order valence-electron chi connectivity index (χ2n) is 6.52. The van der Waals surface area contributed by atoms with Gasteiger partial charge in [0.25, 0.3) is 0 Å². The van der Waals surface area contributed by atoms with Crippen LogP contribution in [0.3, 0.4) is 0 Å². The Labute approximate surface area is 147 Å². The highest BCUT2D eigenvalue weighted by Gasteiger charge is 2.33. The molecule has 25 heavy (non-hydrogen) atoms. The van der Waals surface area contributed by atoms with Crippen molar-refractivity contribution in [3.05, 3.63) is 66.0 Å². The summed E-state index contributed by atoms with van der Waals surface area (Å²) in [5, 5.41) is 2.91. The van der Waals surface area contributed by atoms with E-state index in [0.717, 1.165) is 5.56 Å². The van der Waals surface area contributed by atoms with E-state index in [1.54, 1.807) is 12.1 Å². The fourth-order valence-corrected chi connectivity index (χ4v) is 3.34. The number of morpholine rings is 1. The van der Waals surface area contributed by atoms with Gasteiger partial charge in [-0.25, -0.2) is 4.39 Å². The molecule has 1 heterocycles. The number of hydrogen-bond donors (Lipinski definition) is 1. The number of rotatable bonds is 4. The number of amides is 1. The number of halogens is 1. The predicted octanol–water partition coefficient (Wildman–Crippen LogP) is 3.61. The van der Waals surface area contributed by atoms with Crippen LogP contribution >= 0.6 is 0 Å². The van der Waals surface area contributed by atoms with E-state index in [-0.39, 0.29) is 23.9 Å². The molecule has 2 aromatic carbocycles. The highest BCUT2D eigenvalue weighted by molar-refractivity contribution is 5.95. The van der Waals surface area contributed by atoms with Gasteiger partial charge in [-0.1, -0.05) is 30.3 Å². The number of carbonyl (C=O) groups is 1. The zero-order valence-electron chi connectivity index (χ0n) is 14.5. The van der Waals surface area contributed by atoms with Gasteiger partial charge < -0.3 is 10.1 Å². The molecule has 1 amide bonds. The Bertz CT molecular complexity index is 695. The smallest absolute Gasteiger partial charge is 0.246 e. The zero-order valence-corrected chi connectivity index (χ0v) is 14.5. The molecule has 1 N–H and O–H groups in total. The second kappa shape index (κ2) is 7.76. The molecule has 3 unspecified atom stereocenters. The number of carbonyl (C=O) groups excluding carboxylic acids is 1. The number of hydrogen-bond acceptors (Lipinski definition) is 3. The number of ether oxygens (including phenoxy) is 1. The van der Waals surface area contributed by atoms with Crippen LogP contribution in [0.2, 0.25) is 0 Å². The van der Waals surface area contributed by atoms with Crippen molar-refractivity contribution < 1.29 is 13.9 Å². The van der Waals surface area contributed by atoms with E-state index in [1.165, 1.54) is 12.1 Å². The molecule has 0 saturated carbocycles. The van der Waals surface area contributed by atoms with E-state index in [0.29, 0.717) is 18.8 Å². The highest BCUT2D eigenvalue weighted by atomic mass is 19.1. The Hall–Kier alpha value is -2.24. The Morgan fingerprint density at radius 1 is 1.08 bits per heavy atom. The summed E-state index contributed by atoms with van der Waals surface area (Å²) in [5.41, 5.74) is 1.52. The summed E-state index contributed by atoms with van der Waals surface area (Å²) in [5.74, 6) is -0.451. The van der Waals surface area contributed by atoms with E-state index in [2.05, 4.69) is 10.2 Å². The van der Waals surface area contributed by atoms with Gasteiger partial charge in [0.05, 0.1) is 12.2 Å². The molecule has 1 aliphatic heterocycles. The maximum Gasteiger partial charge on any atom is 0.246 e. The first-order valence-corrected chi connectivity index (χ1v) is 8.54. The lowest BCUT2D eigenvalue weighted by molar-refractivity contribution is -0.128. The van der Waals surface area contributed by atoms with Gasteiger partial charge in [0.2, 0.25) is 5.91 Å². The highest BCUT2D eigenvalue weighted by Crippen LogP contribution is 2.26. The molecule has 3 atom stereocenters. The van der Waals surface area contributed by atoms with Gasteiger partial charge in [-0.3, -0.25) is 9.69 Å². The van der Waals surface area contributed by atoms with Crippen LogP contribution in [0.5, 0.6) is 0 Å². The predicted molar refractivity (Wildman–Crippen MR) is 95.8 cm³/mol. The number of nitrogens with one attached hydrogen (secondary N) is 1. The lowest BCUT2D eigenvalue weighted by Crippen LogP contribution is -2.49. The van der Waals surface area contributed by atoms with Crippen molar-refractivity contribution in [2.75, 3.05) is 18.4 Å². The van der Waals surface area contributed by atoms with Crippen LogP contribution in [0.4, 0.5) is 10.1 Å². The fourth-order valence-electron chi connectivity index (χ4n) is 3.34. The lowest BCUT2D eigenvalue weighted by Gasteiger charge is -2.39. The summed E-state index contributed by atoms with van der Waals surface area (Å²) in [4.78, 5) is 15.2. The van der Waals surface area contributed by atoms with Gasteiger partial charge in [-0.2, -0.15) is 0 Å². The minimum absolute atomic E-state index is 0.0635. The first-order chi connectivity index (χ1) is 12.0. The molecule has 3 rings (SSSR count). The summed E-state index contributed by atoms with van der Waals surface area (Å²) < 4.78 is 18.9. The van der Waals surface area contributed by atoms with Crippen LogP contribution in [0.25, 0.3) is 0 Å². The van der Waals surface area contributed by atoms with Crippen molar-refractivity contribution in [3.63, 3.8) is 0 Å². The van der Waals surface area contributed by atoms with Crippen LogP contribution in [-0.2, 0) is 9.53 Å². The van der Waals surface area contributed by atoms with Gasteiger partial charge in [-0.05, 0) is 43.7 Å². The van der Waals surface area contributed by atoms with E-state index < -0.39 is 6.04 Å². The van der Waals surface area contributed by atoms with Gasteiger partial charge >= 0.3 is 0 Å². The fraction of sp³-hybridized carbons (Fsp3) is 0.350. The first-order valence-electron chi connectivity index (χ1n) is 8.54. The zero-order chi connectivity index (χ0) is 17.8. The molecule has 0 aliphatic carbocycles. The van der Waals surface area contributed by atoms with Crippen molar-refractivity contribution in [1.29, 1.82) is 0 Å². The van der Waals surface area contributed by atoms with Crippen molar-refractivity contribution in [3.8, 4) is 0 Å². The van der Waals surface area contributed by atoms with Crippen LogP contribution in [0.1, 0.15) is 25.5 Å². The third-order valence-corrected chi connectivity index (χ3v) is 4.29. The van der Waals surface area contributed by atoms with E-state index in [4.69, 9.17) is 4.74 Å². The standard InChI is InChI=1S/C20H23FN2O2/c1-14-12-23(13-15(2)25-14)19(16-6-4-3-5-7-16)20(24)22-18-10-8-17(21)9-11-18/h3-11,14-15,19H,12-13H2,1-2H3,(H,22,24). The van der Waals surface area contributed by atoms with Crippen molar-refractivity contribution in [2.45, 2.75) is 32.1 Å². The summed E-state index contributed by atoms with van der Waals surface area (Å²) in [7, 11) is 0. The summed E-state index contributed by atoms with van der Waals surface area (Å²) in [6, 6.07) is 15.1. The Kier molecular flexibility index (Phi) is 5.46. The molecule has 4 nitrogen and oxygen atoms in total. The first kappa shape index (κ1) is 17.6. The lowest BCUT2D eigenvalue weighted by atomic mass is 10.0. The number of benzene rings is 2. The largest absolute Gasteiger partial charge is 0.373 e. The molecule has 2 aromatic rings. The maximum atomic E-state index is 13.1. The third kappa shape index (κ3) is 4.44. The number of nitrogens with zero attached hydrogens (tertiary/aromatic N) is 1. The SMILES string of the molecule is CC1CN(C(C(=O)Nc2ccc(F)cc2)c2ccccc2)CC(C)O1. The van der Waals surface area contributed by atoms with Gasteiger partial charge in [0.1, 0.15) is 11.9 Å². The quantitative estimate of drug-likeness (QED) is 0.923. The molecular formula is C20H23FN2O2. The summed E-state index contributed by atoms with van der Waals surface area (Å²) in [6.07, 6.45) is 0.127. The topological polar surface area (TPSA) is 41.6 Å². The van der Waals surface area contributed by atoms with Crippen molar-refractivity contribution >= 4 is 11.6 Å². The van der Waals surface area contributed by atoms with Crippen LogP contribution in [0.15, 0.2) is 54.6 Å². The average molecular weight is 342 g/mol.